The maximum absolute atomic E-state index is 11.0. The zero-order valence-electron chi connectivity index (χ0n) is 11.2. The van der Waals surface area contributed by atoms with E-state index in [9.17, 15) is 9.59 Å². The minimum Gasteiger partial charge on any atom is -0.465 e. The Bertz CT molecular complexity index is 402. The predicted octanol–water partition coefficient (Wildman–Crippen LogP) is 2.58. The molecule has 4 bridgehead atoms. The molecule has 106 valence electrons. The highest BCUT2D eigenvalue weighted by Gasteiger charge is 2.60. The van der Waals surface area contributed by atoms with E-state index in [1.807, 2.05) is 0 Å². The second-order valence-electron chi connectivity index (χ2n) is 6.79. The van der Waals surface area contributed by atoms with Crippen molar-refractivity contribution in [2.45, 2.75) is 51.0 Å². The van der Waals surface area contributed by atoms with Gasteiger partial charge in [0, 0.05) is 12.3 Å². The number of carbonyl (C=O) groups is 2. The van der Waals surface area contributed by atoms with Gasteiger partial charge in [0.15, 0.2) is 0 Å². The van der Waals surface area contributed by atoms with Crippen LogP contribution in [-0.4, -0.2) is 29.4 Å². The highest BCUT2D eigenvalue weighted by atomic mass is 16.7. The van der Waals surface area contributed by atoms with Crippen molar-refractivity contribution in [3.63, 3.8) is 0 Å². The molecule has 4 rings (SSSR count). The summed E-state index contributed by atoms with van der Waals surface area (Å²) in [7, 11) is 0. The van der Waals surface area contributed by atoms with Crippen molar-refractivity contribution >= 4 is 12.1 Å². The Morgan fingerprint density at radius 3 is 2.37 bits per heavy atom. The summed E-state index contributed by atoms with van der Waals surface area (Å²) in [4.78, 5) is 22.0. The molecule has 0 amide bonds. The Morgan fingerprint density at radius 1 is 1.21 bits per heavy atom. The Labute approximate surface area is 112 Å². The Kier molecular flexibility index (Phi) is 2.76. The van der Waals surface area contributed by atoms with Crippen LogP contribution in [0.25, 0.3) is 0 Å². The summed E-state index contributed by atoms with van der Waals surface area (Å²) in [6.07, 6.45) is 4.49. The third-order valence-corrected chi connectivity index (χ3v) is 5.01. The van der Waals surface area contributed by atoms with Crippen LogP contribution < -0.4 is 0 Å². The van der Waals surface area contributed by atoms with Gasteiger partial charge in [-0.15, -0.1) is 0 Å². The van der Waals surface area contributed by atoms with Gasteiger partial charge in [0.1, 0.15) is 5.60 Å². The molecule has 0 heterocycles. The summed E-state index contributed by atoms with van der Waals surface area (Å²) in [6.45, 7) is 1.84. The predicted molar refractivity (Wildman–Crippen MR) is 65.6 cm³/mol. The van der Waals surface area contributed by atoms with Crippen LogP contribution in [0.4, 0.5) is 4.79 Å². The molecule has 0 aromatic carbocycles. The SMILES string of the molecule is CC(=O)OCC12CC3CC(C1)CC(OC(=O)O)(C3)C2. The summed E-state index contributed by atoms with van der Waals surface area (Å²) >= 11 is 0. The van der Waals surface area contributed by atoms with Crippen LogP contribution in [0, 0.1) is 17.3 Å². The first-order chi connectivity index (χ1) is 8.90. The molecule has 5 heteroatoms. The molecule has 1 N–H and O–H groups in total. The van der Waals surface area contributed by atoms with Gasteiger partial charge in [0.25, 0.3) is 0 Å². The zero-order valence-corrected chi connectivity index (χ0v) is 11.2. The third-order valence-electron chi connectivity index (χ3n) is 5.01. The van der Waals surface area contributed by atoms with Gasteiger partial charge in [0.2, 0.25) is 0 Å². The monoisotopic (exact) mass is 268 g/mol. The lowest BCUT2D eigenvalue weighted by molar-refractivity contribution is -0.190. The molecule has 4 aliphatic carbocycles. The van der Waals surface area contributed by atoms with Gasteiger partial charge in [-0.25, -0.2) is 4.79 Å². The summed E-state index contributed by atoms with van der Waals surface area (Å²) in [5.41, 5.74) is -0.568. The van der Waals surface area contributed by atoms with Crippen molar-refractivity contribution in [3.8, 4) is 0 Å². The molecular weight excluding hydrogens is 248 g/mol. The van der Waals surface area contributed by atoms with Gasteiger partial charge in [0.05, 0.1) is 6.61 Å². The van der Waals surface area contributed by atoms with Gasteiger partial charge in [-0.05, 0) is 50.4 Å². The maximum Gasteiger partial charge on any atom is 0.506 e. The van der Waals surface area contributed by atoms with E-state index >= 15 is 0 Å². The van der Waals surface area contributed by atoms with Gasteiger partial charge in [-0.1, -0.05) is 0 Å². The van der Waals surface area contributed by atoms with E-state index in [1.165, 1.54) is 13.3 Å². The first-order valence-electron chi connectivity index (χ1n) is 6.96. The molecule has 4 saturated carbocycles. The number of hydrogen-bond donors (Lipinski definition) is 1. The number of rotatable bonds is 3. The third kappa shape index (κ3) is 2.30. The molecule has 0 aliphatic heterocycles. The van der Waals surface area contributed by atoms with E-state index in [2.05, 4.69) is 0 Å². The van der Waals surface area contributed by atoms with Crippen molar-refractivity contribution in [3.05, 3.63) is 0 Å². The summed E-state index contributed by atoms with van der Waals surface area (Å²) in [5, 5.41) is 8.97. The minimum atomic E-state index is -1.18. The van der Waals surface area contributed by atoms with E-state index in [0.29, 0.717) is 24.9 Å². The molecule has 2 atom stereocenters. The number of carboxylic acid groups (broad SMARTS) is 1. The van der Waals surface area contributed by atoms with Crippen molar-refractivity contribution in [1.82, 2.24) is 0 Å². The van der Waals surface area contributed by atoms with E-state index in [4.69, 9.17) is 14.6 Å². The largest absolute Gasteiger partial charge is 0.506 e. The lowest BCUT2D eigenvalue weighted by Gasteiger charge is -2.60. The van der Waals surface area contributed by atoms with E-state index in [1.54, 1.807) is 0 Å². The topological polar surface area (TPSA) is 72.8 Å². The van der Waals surface area contributed by atoms with Crippen LogP contribution in [-0.2, 0) is 14.3 Å². The Balaban J connectivity index is 1.80. The fourth-order valence-electron chi connectivity index (χ4n) is 5.09. The Morgan fingerprint density at radius 2 is 1.84 bits per heavy atom. The Hall–Kier alpha value is -1.26. The van der Waals surface area contributed by atoms with Gasteiger partial charge < -0.3 is 14.6 Å². The minimum absolute atomic E-state index is 0.0504. The summed E-state index contributed by atoms with van der Waals surface area (Å²) < 4.78 is 10.5. The van der Waals surface area contributed by atoms with Crippen molar-refractivity contribution in [2.75, 3.05) is 6.61 Å². The number of ether oxygens (including phenoxy) is 2. The average molecular weight is 268 g/mol. The second kappa shape index (κ2) is 4.12. The first-order valence-corrected chi connectivity index (χ1v) is 6.96. The van der Waals surface area contributed by atoms with Crippen LogP contribution >= 0.6 is 0 Å². The van der Waals surface area contributed by atoms with Crippen LogP contribution in [0.5, 0.6) is 0 Å². The highest BCUT2D eigenvalue weighted by molar-refractivity contribution is 5.65. The molecular formula is C14H20O5. The smallest absolute Gasteiger partial charge is 0.465 e. The molecule has 4 fully saturated rings. The molecule has 0 spiro atoms. The average Bonchev–Trinajstić information content (AvgIpc) is 2.22. The van der Waals surface area contributed by atoms with Gasteiger partial charge in [-0.2, -0.15) is 0 Å². The van der Waals surface area contributed by atoms with Crippen LogP contribution in [0.1, 0.15) is 45.4 Å². The van der Waals surface area contributed by atoms with E-state index in [0.717, 1.165) is 25.7 Å². The molecule has 19 heavy (non-hydrogen) atoms. The molecule has 0 radical (unpaired) electrons. The molecule has 4 aliphatic rings. The number of hydrogen-bond acceptors (Lipinski definition) is 4. The number of esters is 1. The lowest BCUT2D eigenvalue weighted by atomic mass is 9.48. The van der Waals surface area contributed by atoms with Crippen LogP contribution in [0.3, 0.4) is 0 Å². The molecule has 0 aromatic rings. The van der Waals surface area contributed by atoms with Gasteiger partial charge in [-0.3, -0.25) is 4.79 Å². The highest BCUT2D eigenvalue weighted by Crippen LogP contribution is 2.62. The van der Waals surface area contributed by atoms with Crippen molar-refractivity contribution in [1.29, 1.82) is 0 Å². The molecule has 2 unspecified atom stereocenters. The molecule has 0 saturated heterocycles. The quantitative estimate of drug-likeness (QED) is 0.796. The molecule has 5 nitrogen and oxygen atoms in total. The second-order valence-corrected chi connectivity index (χ2v) is 6.79. The standard InChI is InChI=1S/C14H20O5/c1-9(15)18-8-13-3-10-2-11(4-13)6-14(5-10,7-13)19-12(16)17/h10-11H,2-8H2,1H3,(H,16,17). The maximum atomic E-state index is 11.0. The van der Waals surface area contributed by atoms with Crippen LogP contribution in [0.2, 0.25) is 0 Å². The normalized spacial score (nSPS) is 43.0. The molecule has 0 aromatic heterocycles. The van der Waals surface area contributed by atoms with Crippen LogP contribution in [0.15, 0.2) is 0 Å². The summed E-state index contributed by atoms with van der Waals surface area (Å²) in [5.74, 6) is 0.788. The lowest BCUT2D eigenvalue weighted by Crippen LogP contribution is -2.58. The fraction of sp³-hybridized carbons (Fsp3) is 0.857. The van der Waals surface area contributed by atoms with E-state index in [-0.39, 0.29) is 11.4 Å². The van der Waals surface area contributed by atoms with E-state index < -0.39 is 11.8 Å². The zero-order chi connectivity index (χ0) is 13.7. The van der Waals surface area contributed by atoms with Crippen molar-refractivity contribution in [2.24, 2.45) is 17.3 Å². The fourth-order valence-corrected chi connectivity index (χ4v) is 5.09. The van der Waals surface area contributed by atoms with Gasteiger partial charge >= 0.3 is 12.1 Å². The number of carbonyl (C=O) groups excluding carboxylic acids is 1. The first kappa shape index (κ1) is 12.8. The summed E-state index contributed by atoms with van der Waals surface area (Å²) in [6, 6.07) is 0. The van der Waals surface area contributed by atoms with Crippen molar-refractivity contribution < 1.29 is 24.2 Å².